The summed E-state index contributed by atoms with van der Waals surface area (Å²) in [6.45, 7) is 8.26. The average Bonchev–Trinajstić information content (AvgIpc) is 2.75. The van der Waals surface area contributed by atoms with Crippen molar-refractivity contribution in [2.45, 2.75) is 45.4 Å². The molecule has 2 atom stereocenters. The number of aliphatic hydroxyl groups is 1. The van der Waals surface area contributed by atoms with E-state index in [2.05, 4.69) is 29.8 Å². The monoisotopic (exact) mass is 266 g/mol. The minimum absolute atomic E-state index is 0.166. The van der Waals surface area contributed by atoms with Crippen LogP contribution in [0.2, 0.25) is 0 Å². The Kier molecular flexibility index (Phi) is 4.04. The molecule has 2 N–H and O–H groups in total. The highest BCUT2D eigenvalue weighted by atomic mass is 16.5. The first-order valence-electron chi connectivity index (χ1n) is 7.05. The summed E-state index contributed by atoms with van der Waals surface area (Å²) in [5, 5.41) is 14.0. The van der Waals surface area contributed by atoms with Crippen LogP contribution < -0.4 is 5.32 Å². The second-order valence-electron chi connectivity index (χ2n) is 6.12. The van der Waals surface area contributed by atoms with E-state index in [9.17, 15) is 5.11 Å². The number of rotatable bonds is 6. The van der Waals surface area contributed by atoms with Crippen LogP contribution in [0.3, 0.4) is 0 Å². The topological polar surface area (TPSA) is 46.4 Å². The van der Waals surface area contributed by atoms with E-state index in [4.69, 9.17) is 4.74 Å². The molecule has 1 aliphatic rings. The van der Waals surface area contributed by atoms with Gasteiger partial charge in [-0.3, -0.25) is 0 Å². The van der Waals surface area contributed by atoms with Gasteiger partial charge in [0.1, 0.15) is 0 Å². The van der Waals surface area contributed by atoms with Gasteiger partial charge in [-0.05, 0) is 19.1 Å². The highest BCUT2D eigenvalue weighted by Crippen LogP contribution is 2.50. The van der Waals surface area contributed by atoms with Crippen molar-refractivity contribution >= 4 is 0 Å². The molecule has 1 fully saturated rings. The summed E-state index contributed by atoms with van der Waals surface area (Å²) in [7, 11) is 2.03. The maximum absolute atomic E-state index is 10.7. The Morgan fingerprint density at radius 1 is 1.53 bits per heavy atom. The molecule has 1 aliphatic carbocycles. The maximum atomic E-state index is 10.7. The Balaban J connectivity index is 1.85. The standard InChI is InChI=1S/C15H26N2O2/c1-5-19-13-9-15(18,14(13,2)3)11-16-10-12-7-6-8-17(12)4/h6-8,13,16,18H,5,9-11H2,1-4H3/t13-,15-/m1/s1. The lowest BCUT2D eigenvalue weighted by molar-refractivity contribution is -0.238. The summed E-state index contributed by atoms with van der Waals surface area (Å²) in [5.41, 5.74) is 0.365. The van der Waals surface area contributed by atoms with Crippen molar-refractivity contribution in [1.82, 2.24) is 9.88 Å². The van der Waals surface area contributed by atoms with Crippen LogP contribution in [0.4, 0.5) is 0 Å². The second kappa shape index (κ2) is 5.27. The lowest BCUT2D eigenvalue weighted by Gasteiger charge is -2.58. The Morgan fingerprint density at radius 3 is 2.79 bits per heavy atom. The third-order valence-electron chi connectivity index (χ3n) is 4.67. The zero-order valence-corrected chi connectivity index (χ0v) is 12.4. The fraction of sp³-hybridized carbons (Fsp3) is 0.733. The van der Waals surface area contributed by atoms with Crippen molar-refractivity contribution in [1.29, 1.82) is 0 Å². The highest BCUT2D eigenvalue weighted by Gasteiger charge is 2.59. The van der Waals surface area contributed by atoms with Gasteiger partial charge >= 0.3 is 0 Å². The van der Waals surface area contributed by atoms with Crippen LogP contribution in [0.25, 0.3) is 0 Å². The molecule has 0 aliphatic heterocycles. The summed E-state index contributed by atoms with van der Waals surface area (Å²) in [4.78, 5) is 0. The number of hydrogen-bond donors (Lipinski definition) is 2. The molecule has 4 heteroatoms. The van der Waals surface area contributed by atoms with Gasteiger partial charge in [-0.25, -0.2) is 0 Å². The van der Waals surface area contributed by atoms with Gasteiger partial charge in [0.05, 0.1) is 11.7 Å². The molecule has 0 radical (unpaired) electrons. The van der Waals surface area contributed by atoms with Crippen LogP contribution in [0, 0.1) is 5.41 Å². The van der Waals surface area contributed by atoms with Crippen LogP contribution in [0.15, 0.2) is 18.3 Å². The van der Waals surface area contributed by atoms with Gasteiger partial charge in [-0.2, -0.15) is 0 Å². The number of hydrogen-bond acceptors (Lipinski definition) is 3. The predicted octanol–water partition coefficient (Wildman–Crippen LogP) is 1.68. The van der Waals surface area contributed by atoms with Gasteiger partial charge in [-0.1, -0.05) is 13.8 Å². The summed E-state index contributed by atoms with van der Waals surface area (Å²) in [5.74, 6) is 0. The van der Waals surface area contributed by atoms with Gasteiger partial charge in [0, 0.05) is 50.5 Å². The molecule has 0 saturated heterocycles. The minimum atomic E-state index is -0.669. The third kappa shape index (κ3) is 2.57. The number of nitrogens with one attached hydrogen (secondary N) is 1. The maximum Gasteiger partial charge on any atom is 0.0871 e. The normalized spacial score (nSPS) is 29.2. The van der Waals surface area contributed by atoms with Crippen molar-refractivity contribution in [2.24, 2.45) is 12.5 Å². The Labute approximate surface area is 115 Å². The van der Waals surface area contributed by atoms with Crippen molar-refractivity contribution in [2.75, 3.05) is 13.2 Å². The highest BCUT2D eigenvalue weighted by molar-refractivity contribution is 5.12. The summed E-state index contributed by atoms with van der Waals surface area (Å²) in [6, 6.07) is 4.12. The molecule has 1 heterocycles. The van der Waals surface area contributed by atoms with Crippen LogP contribution >= 0.6 is 0 Å². The number of ether oxygens (including phenoxy) is 1. The van der Waals surface area contributed by atoms with E-state index in [1.54, 1.807) is 0 Å². The SMILES string of the molecule is CCO[C@@H]1C[C@@](O)(CNCc2cccn2C)C1(C)C. The van der Waals surface area contributed by atoms with E-state index in [1.165, 1.54) is 5.69 Å². The van der Waals surface area contributed by atoms with E-state index < -0.39 is 5.60 Å². The smallest absolute Gasteiger partial charge is 0.0871 e. The number of aryl methyl sites for hydroxylation is 1. The Hall–Kier alpha value is -0.840. The molecule has 4 nitrogen and oxygen atoms in total. The van der Waals surface area contributed by atoms with Crippen LogP contribution in [-0.2, 0) is 18.3 Å². The van der Waals surface area contributed by atoms with Crippen molar-refractivity contribution in [3.8, 4) is 0 Å². The molecule has 2 rings (SSSR count). The minimum Gasteiger partial charge on any atom is -0.388 e. The largest absolute Gasteiger partial charge is 0.388 e. The molecule has 1 aromatic heterocycles. The van der Waals surface area contributed by atoms with Crippen LogP contribution in [0.1, 0.15) is 32.9 Å². The molecule has 19 heavy (non-hydrogen) atoms. The molecule has 0 unspecified atom stereocenters. The summed E-state index contributed by atoms with van der Waals surface area (Å²) in [6.07, 6.45) is 2.91. The second-order valence-corrected chi connectivity index (χ2v) is 6.12. The van der Waals surface area contributed by atoms with Crippen molar-refractivity contribution < 1.29 is 9.84 Å². The van der Waals surface area contributed by atoms with Crippen molar-refractivity contribution in [3.05, 3.63) is 24.0 Å². The van der Waals surface area contributed by atoms with Gasteiger partial charge in [0.15, 0.2) is 0 Å². The third-order valence-corrected chi connectivity index (χ3v) is 4.67. The quantitative estimate of drug-likeness (QED) is 0.823. The van der Waals surface area contributed by atoms with E-state index in [1.807, 2.05) is 26.2 Å². The zero-order chi connectivity index (χ0) is 14.1. The fourth-order valence-electron chi connectivity index (χ4n) is 2.84. The van der Waals surface area contributed by atoms with E-state index in [0.29, 0.717) is 19.6 Å². The van der Waals surface area contributed by atoms with Crippen LogP contribution in [-0.4, -0.2) is 34.5 Å². The average molecular weight is 266 g/mol. The molecule has 1 aromatic rings. The zero-order valence-electron chi connectivity index (χ0n) is 12.4. The van der Waals surface area contributed by atoms with E-state index in [0.717, 1.165) is 6.54 Å². The molecule has 0 bridgehead atoms. The molecule has 1 saturated carbocycles. The number of nitrogens with zero attached hydrogens (tertiary/aromatic N) is 1. The molecular weight excluding hydrogens is 240 g/mol. The van der Waals surface area contributed by atoms with Crippen LogP contribution in [0.5, 0.6) is 0 Å². The summed E-state index contributed by atoms with van der Waals surface area (Å²) < 4.78 is 7.76. The lowest BCUT2D eigenvalue weighted by Crippen LogP contribution is -2.68. The Morgan fingerprint density at radius 2 is 2.26 bits per heavy atom. The van der Waals surface area contributed by atoms with Crippen molar-refractivity contribution in [3.63, 3.8) is 0 Å². The predicted molar refractivity (Wildman–Crippen MR) is 75.9 cm³/mol. The summed E-state index contributed by atoms with van der Waals surface area (Å²) >= 11 is 0. The van der Waals surface area contributed by atoms with Gasteiger partial charge < -0.3 is 19.7 Å². The first kappa shape index (κ1) is 14.6. The van der Waals surface area contributed by atoms with Gasteiger partial charge in [0.2, 0.25) is 0 Å². The molecule has 108 valence electrons. The molecule has 0 aromatic carbocycles. The molecule has 0 spiro atoms. The lowest BCUT2D eigenvalue weighted by atomic mass is 9.56. The first-order chi connectivity index (χ1) is 8.90. The number of aromatic nitrogens is 1. The van der Waals surface area contributed by atoms with E-state index in [-0.39, 0.29) is 11.5 Å². The first-order valence-corrected chi connectivity index (χ1v) is 7.05. The molecular formula is C15H26N2O2. The van der Waals surface area contributed by atoms with Gasteiger partial charge in [-0.15, -0.1) is 0 Å². The molecule has 0 amide bonds. The van der Waals surface area contributed by atoms with E-state index >= 15 is 0 Å². The van der Waals surface area contributed by atoms with Gasteiger partial charge in [0.25, 0.3) is 0 Å². The fourth-order valence-corrected chi connectivity index (χ4v) is 2.84. The Bertz CT molecular complexity index is 428.